The Morgan fingerprint density at radius 2 is 2.00 bits per heavy atom. The largest absolute Gasteiger partial charge is 0.444 e. The molecule has 162 valence electrons. The maximum Gasteiger partial charge on any atom is 0.275 e. The van der Waals surface area contributed by atoms with Crippen molar-refractivity contribution >= 4 is 23.2 Å². The standard InChI is InChI=1S/C22H23N3O5S/c26-18-7-8-25(12-19(18)27)22(29)17-13-30-21(24-17)15-5-3-14(4-6-15)11-23-20(28)10-16-2-1-9-31-16/h1-6,9,13,18-19,26-27H,7-8,10-12H2,(H,23,28). The molecule has 2 atom stereocenters. The molecule has 0 bridgehead atoms. The van der Waals surface area contributed by atoms with E-state index in [-0.39, 0.29) is 24.1 Å². The van der Waals surface area contributed by atoms with Crippen molar-refractivity contribution in [3.05, 3.63) is 64.2 Å². The maximum atomic E-state index is 12.6. The third kappa shape index (κ3) is 5.19. The number of piperidine rings is 1. The van der Waals surface area contributed by atoms with E-state index in [9.17, 15) is 19.8 Å². The van der Waals surface area contributed by atoms with Crippen molar-refractivity contribution < 1.29 is 24.2 Å². The Bertz CT molecular complexity index is 1030. The van der Waals surface area contributed by atoms with Gasteiger partial charge in [0.05, 0.1) is 18.6 Å². The number of likely N-dealkylation sites (tertiary alicyclic amines) is 1. The van der Waals surface area contributed by atoms with Gasteiger partial charge in [-0.2, -0.15) is 0 Å². The van der Waals surface area contributed by atoms with Gasteiger partial charge in [0.25, 0.3) is 5.91 Å². The lowest BCUT2D eigenvalue weighted by Crippen LogP contribution is -2.49. The number of thiophene rings is 1. The maximum absolute atomic E-state index is 12.6. The summed E-state index contributed by atoms with van der Waals surface area (Å²) in [5.74, 6) is -0.0574. The zero-order valence-electron chi connectivity index (χ0n) is 16.7. The number of rotatable bonds is 6. The number of aliphatic hydroxyl groups excluding tert-OH is 2. The van der Waals surface area contributed by atoms with Crippen LogP contribution in [0, 0.1) is 0 Å². The van der Waals surface area contributed by atoms with Crippen LogP contribution in [-0.2, 0) is 17.8 Å². The zero-order chi connectivity index (χ0) is 21.8. The van der Waals surface area contributed by atoms with E-state index in [2.05, 4.69) is 10.3 Å². The molecule has 3 N–H and O–H groups in total. The highest BCUT2D eigenvalue weighted by molar-refractivity contribution is 7.10. The van der Waals surface area contributed by atoms with Crippen molar-refractivity contribution in [2.75, 3.05) is 13.1 Å². The molecule has 9 heteroatoms. The van der Waals surface area contributed by atoms with E-state index >= 15 is 0 Å². The van der Waals surface area contributed by atoms with Crippen LogP contribution >= 0.6 is 11.3 Å². The van der Waals surface area contributed by atoms with Crippen LogP contribution in [0.2, 0.25) is 0 Å². The summed E-state index contributed by atoms with van der Waals surface area (Å²) in [6.45, 7) is 0.837. The number of amides is 2. The topological polar surface area (TPSA) is 116 Å². The van der Waals surface area contributed by atoms with Gasteiger partial charge >= 0.3 is 0 Å². The van der Waals surface area contributed by atoms with Crippen molar-refractivity contribution in [1.29, 1.82) is 0 Å². The summed E-state index contributed by atoms with van der Waals surface area (Å²) in [6.07, 6.45) is 0.227. The number of nitrogens with zero attached hydrogens (tertiary/aromatic N) is 2. The first-order chi connectivity index (χ1) is 15.0. The molecule has 1 aliphatic rings. The van der Waals surface area contributed by atoms with E-state index in [1.165, 1.54) is 11.2 Å². The smallest absolute Gasteiger partial charge is 0.275 e. The lowest BCUT2D eigenvalue weighted by Gasteiger charge is -2.32. The van der Waals surface area contributed by atoms with Crippen molar-refractivity contribution in [3.63, 3.8) is 0 Å². The fourth-order valence-electron chi connectivity index (χ4n) is 3.37. The third-order valence-electron chi connectivity index (χ3n) is 5.16. The minimum atomic E-state index is -0.956. The number of β-amino-alcohol motifs (C(OH)–C–C–N with tert-alkyl or cyclic N) is 1. The molecular formula is C22H23N3O5S. The highest BCUT2D eigenvalue weighted by atomic mass is 32.1. The molecule has 2 amide bonds. The quantitative estimate of drug-likeness (QED) is 0.538. The van der Waals surface area contributed by atoms with Crippen molar-refractivity contribution in [1.82, 2.24) is 15.2 Å². The molecule has 31 heavy (non-hydrogen) atoms. The monoisotopic (exact) mass is 441 g/mol. The number of hydrogen-bond donors (Lipinski definition) is 3. The first kappa shape index (κ1) is 21.2. The minimum absolute atomic E-state index is 0.0299. The number of carbonyl (C=O) groups is 2. The molecule has 3 heterocycles. The van der Waals surface area contributed by atoms with E-state index in [1.807, 2.05) is 41.8 Å². The Labute approximate surface area is 183 Å². The number of oxazole rings is 1. The number of carbonyl (C=O) groups excluding carboxylic acids is 2. The van der Waals surface area contributed by atoms with E-state index in [0.29, 0.717) is 37.4 Å². The third-order valence-corrected chi connectivity index (χ3v) is 6.04. The Morgan fingerprint density at radius 3 is 2.71 bits per heavy atom. The van der Waals surface area contributed by atoms with Crippen LogP contribution in [0.5, 0.6) is 0 Å². The molecule has 0 radical (unpaired) electrons. The molecule has 0 saturated carbocycles. The van der Waals surface area contributed by atoms with Gasteiger partial charge in [0.1, 0.15) is 6.26 Å². The molecule has 2 aromatic heterocycles. The van der Waals surface area contributed by atoms with Crippen LogP contribution in [0.4, 0.5) is 0 Å². The lowest BCUT2D eigenvalue weighted by atomic mass is 10.0. The summed E-state index contributed by atoms with van der Waals surface area (Å²) in [6, 6.07) is 11.2. The Morgan fingerprint density at radius 1 is 1.19 bits per heavy atom. The van der Waals surface area contributed by atoms with E-state index in [0.717, 1.165) is 10.4 Å². The van der Waals surface area contributed by atoms with Gasteiger partial charge in [-0.15, -0.1) is 11.3 Å². The predicted molar refractivity (Wildman–Crippen MR) is 114 cm³/mol. The molecule has 1 saturated heterocycles. The Balaban J connectivity index is 1.33. The molecule has 1 aromatic carbocycles. The van der Waals surface area contributed by atoms with Gasteiger partial charge in [0.15, 0.2) is 5.69 Å². The summed E-state index contributed by atoms with van der Waals surface area (Å²) < 4.78 is 5.47. The fraction of sp³-hybridized carbons (Fsp3) is 0.318. The normalized spacial score (nSPS) is 18.7. The predicted octanol–water partition coefficient (Wildman–Crippen LogP) is 1.83. The highest BCUT2D eigenvalue weighted by Crippen LogP contribution is 2.21. The number of benzene rings is 1. The Hall–Kier alpha value is -3.01. The summed E-state index contributed by atoms with van der Waals surface area (Å²) in [5.41, 5.74) is 1.80. The van der Waals surface area contributed by atoms with Crippen LogP contribution in [0.15, 0.2) is 52.5 Å². The van der Waals surface area contributed by atoms with E-state index < -0.39 is 12.2 Å². The SMILES string of the molecule is O=C(Cc1cccs1)NCc1ccc(-c2nc(C(=O)N3CCC(O)C(O)C3)co2)cc1. The van der Waals surface area contributed by atoms with Gasteiger partial charge in [-0.1, -0.05) is 18.2 Å². The molecule has 3 aromatic rings. The molecule has 4 rings (SSSR count). The van der Waals surface area contributed by atoms with Crippen molar-refractivity contribution in [2.45, 2.75) is 31.6 Å². The van der Waals surface area contributed by atoms with Crippen LogP contribution < -0.4 is 5.32 Å². The first-order valence-electron chi connectivity index (χ1n) is 9.99. The van der Waals surface area contributed by atoms with Crippen molar-refractivity contribution in [3.8, 4) is 11.5 Å². The van der Waals surface area contributed by atoms with Crippen LogP contribution in [0.3, 0.4) is 0 Å². The molecule has 1 aliphatic heterocycles. The number of aliphatic hydroxyl groups is 2. The highest BCUT2D eigenvalue weighted by Gasteiger charge is 2.30. The summed E-state index contributed by atoms with van der Waals surface area (Å²) in [7, 11) is 0. The van der Waals surface area contributed by atoms with Crippen LogP contribution in [0.1, 0.15) is 27.3 Å². The zero-order valence-corrected chi connectivity index (χ0v) is 17.5. The second kappa shape index (κ2) is 9.42. The first-order valence-corrected chi connectivity index (χ1v) is 10.9. The molecule has 0 aliphatic carbocycles. The molecule has 2 unspecified atom stereocenters. The molecule has 8 nitrogen and oxygen atoms in total. The Kier molecular flexibility index (Phi) is 6.45. The number of aromatic nitrogens is 1. The average Bonchev–Trinajstić information content (AvgIpc) is 3.46. The van der Waals surface area contributed by atoms with Crippen molar-refractivity contribution in [2.24, 2.45) is 0 Å². The van der Waals surface area contributed by atoms with Gasteiger partial charge in [0, 0.05) is 30.1 Å². The van der Waals surface area contributed by atoms with Gasteiger partial charge in [-0.05, 0) is 35.6 Å². The second-order valence-corrected chi connectivity index (χ2v) is 8.47. The molecular weight excluding hydrogens is 418 g/mol. The van der Waals surface area contributed by atoms with Crippen LogP contribution in [0.25, 0.3) is 11.5 Å². The molecule has 1 fully saturated rings. The minimum Gasteiger partial charge on any atom is -0.444 e. The van der Waals surface area contributed by atoms with Gasteiger partial charge in [-0.3, -0.25) is 9.59 Å². The summed E-state index contributed by atoms with van der Waals surface area (Å²) in [4.78, 5) is 31.4. The molecule has 0 spiro atoms. The van der Waals surface area contributed by atoms with Gasteiger partial charge in [-0.25, -0.2) is 4.98 Å². The second-order valence-electron chi connectivity index (χ2n) is 7.44. The van der Waals surface area contributed by atoms with E-state index in [1.54, 1.807) is 11.3 Å². The lowest BCUT2D eigenvalue weighted by molar-refractivity contribution is -0.120. The summed E-state index contributed by atoms with van der Waals surface area (Å²) >= 11 is 1.56. The number of hydrogen-bond acceptors (Lipinski definition) is 7. The van der Waals surface area contributed by atoms with E-state index in [4.69, 9.17) is 4.42 Å². The number of nitrogens with one attached hydrogen (secondary N) is 1. The fourth-order valence-corrected chi connectivity index (χ4v) is 4.07. The summed E-state index contributed by atoms with van der Waals surface area (Å²) in [5, 5.41) is 24.2. The average molecular weight is 442 g/mol. The van der Waals surface area contributed by atoms with Crippen LogP contribution in [-0.4, -0.2) is 57.2 Å². The van der Waals surface area contributed by atoms with Gasteiger partial charge in [0.2, 0.25) is 11.8 Å². The van der Waals surface area contributed by atoms with Gasteiger partial charge < -0.3 is 24.8 Å².